The first-order chi connectivity index (χ1) is 12.9. The fraction of sp³-hybridized carbons (Fsp3) is 0.238. The maximum atomic E-state index is 13.7. The van der Waals surface area contributed by atoms with Crippen LogP contribution < -0.4 is 0 Å². The zero-order valence-electron chi connectivity index (χ0n) is 15.0. The van der Waals surface area contributed by atoms with Crippen molar-refractivity contribution in [2.24, 2.45) is 0 Å². The third-order valence-electron chi connectivity index (χ3n) is 4.54. The third kappa shape index (κ3) is 4.83. The van der Waals surface area contributed by atoms with Gasteiger partial charge in [0.1, 0.15) is 5.82 Å². The number of hydrogen-bond acceptors (Lipinski definition) is 2. The third-order valence-corrected chi connectivity index (χ3v) is 5.03. The molecular formula is C21H20BrFN2O2. The van der Waals surface area contributed by atoms with Gasteiger partial charge in [-0.2, -0.15) is 0 Å². The van der Waals surface area contributed by atoms with Crippen molar-refractivity contribution in [2.45, 2.75) is 6.92 Å². The van der Waals surface area contributed by atoms with Gasteiger partial charge in [0.2, 0.25) is 5.91 Å². The van der Waals surface area contributed by atoms with Crippen molar-refractivity contribution in [2.75, 3.05) is 26.2 Å². The largest absolute Gasteiger partial charge is 0.336 e. The van der Waals surface area contributed by atoms with Gasteiger partial charge in [-0.05, 0) is 43.3 Å². The van der Waals surface area contributed by atoms with E-state index in [1.165, 1.54) is 18.2 Å². The average Bonchev–Trinajstić information content (AvgIpc) is 2.68. The fourth-order valence-corrected chi connectivity index (χ4v) is 3.30. The Bertz CT molecular complexity index is 872. The van der Waals surface area contributed by atoms with Crippen LogP contribution in [-0.2, 0) is 4.79 Å². The molecule has 1 aliphatic rings. The van der Waals surface area contributed by atoms with E-state index in [9.17, 15) is 14.0 Å². The average molecular weight is 431 g/mol. The highest BCUT2D eigenvalue weighted by atomic mass is 79.9. The smallest absolute Gasteiger partial charge is 0.253 e. The normalized spacial score (nSPS) is 14.6. The van der Waals surface area contributed by atoms with Crippen LogP contribution in [0.2, 0.25) is 0 Å². The van der Waals surface area contributed by atoms with Crippen LogP contribution in [0.3, 0.4) is 0 Å². The van der Waals surface area contributed by atoms with Gasteiger partial charge in [-0.25, -0.2) is 4.39 Å². The van der Waals surface area contributed by atoms with E-state index in [-0.39, 0.29) is 17.6 Å². The number of carbonyl (C=O) groups is 2. The molecule has 0 aliphatic carbocycles. The summed E-state index contributed by atoms with van der Waals surface area (Å²) in [4.78, 5) is 28.3. The van der Waals surface area contributed by atoms with Gasteiger partial charge in [-0.1, -0.05) is 33.6 Å². The summed E-state index contributed by atoms with van der Waals surface area (Å²) in [6.45, 7) is 3.87. The molecule has 0 bridgehead atoms. The Kier molecular flexibility index (Phi) is 6.06. The van der Waals surface area contributed by atoms with E-state index in [4.69, 9.17) is 0 Å². The summed E-state index contributed by atoms with van der Waals surface area (Å²) < 4.78 is 14.5. The van der Waals surface area contributed by atoms with Crippen molar-refractivity contribution < 1.29 is 14.0 Å². The topological polar surface area (TPSA) is 40.6 Å². The molecule has 0 spiro atoms. The zero-order valence-corrected chi connectivity index (χ0v) is 16.6. The first-order valence-electron chi connectivity index (χ1n) is 8.72. The highest BCUT2D eigenvalue weighted by Crippen LogP contribution is 2.17. The molecule has 0 aromatic heterocycles. The molecule has 1 fully saturated rings. The van der Waals surface area contributed by atoms with Crippen molar-refractivity contribution in [1.82, 2.24) is 9.80 Å². The van der Waals surface area contributed by atoms with Gasteiger partial charge in [-0.3, -0.25) is 9.59 Å². The number of halogens is 2. The number of nitrogens with zero attached hydrogens (tertiary/aromatic N) is 2. The molecule has 0 N–H and O–H groups in total. The van der Waals surface area contributed by atoms with Gasteiger partial charge in [0.25, 0.3) is 5.91 Å². The van der Waals surface area contributed by atoms with Crippen molar-refractivity contribution in [3.63, 3.8) is 0 Å². The van der Waals surface area contributed by atoms with Crippen LogP contribution in [0.15, 0.2) is 53.0 Å². The van der Waals surface area contributed by atoms with Crippen LogP contribution in [0, 0.1) is 12.7 Å². The molecule has 2 aromatic carbocycles. The Morgan fingerprint density at radius 1 is 1.00 bits per heavy atom. The molecule has 27 heavy (non-hydrogen) atoms. The van der Waals surface area contributed by atoms with E-state index in [1.807, 2.05) is 31.2 Å². The number of piperazine rings is 1. The summed E-state index contributed by atoms with van der Waals surface area (Å²) in [6, 6.07) is 12.1. The van der Waals surface area contributed by atoms with Crippen LogP contribution in [0.5, 0.6) is 0 Å². The molecule has 4 nitrogen and oxygen atoms in total. The van der Waals surface area contributed by atoms with Crippen LogP contribution in [-0.4, -0.2) is 47.8 Å². The molecule has 0 saturated carbocycles. The molecule has 1 heterocycles. The Morgan fingerprint density at radius 3 is 2.30 bits per heavy atom. The summed E-state index contributed by atoms with van der Waals surface area (Å²) >= 11 is 3.29. The van der Waals surface area contributed by atoms with Crippen LogP contribution in [0.4, 0.5) is 4.39 Å². The predicted octanol–water partition coefficient (Wildman–Crippen LogP) is 3.89. The van der Waals surface area contributed by atoms with Gasteiger partial charge in [0.15, 0.2) is 0 Å². The first kappa shape index (κ1) is 19.3. The molecule has 1 aliphatic heterocycles. The maximum absolute atomic E-state index is 13.7. The molecule has 0 radical (unpaired) electrons. The number of benzene rings is 2. The Labute approximate surface area is 166 Å². The molecule has 2 aromatic rings. The standard InChI is InChI=1S/C21H20BrFN2O2/c1-15-2-4-16(5-3-15)21(27)25-12-10-24(11-13-25)20(26)9-6-17-14-18(22)7-8-19(17)23/h2-9,14H,10-13H2,1H3/b9-6+. The number of rotatable bonds is 3. The minimum absolute atomic E-state index is 0.0196. The van der Waals surface area contributed by atoms with Gasteiger partial charge >= 0.3 is 0 Å². The lowest BCUT2D eigenvalue weighted by atomic mass is 10.1. The van der Waals surface area contributed by atoms with Crippen molar-refractivity contribution in [3.8, 4) is 0 Å². The summed E-state index contributed by atoms with van der Waals surface area (Å²) in [5.74, 6) is -0.582. The first-order valence-corrected chi connectivity index (χ1v) is 9.51. The Balaban J connectivity index is 1.57. The molecule has 1 saturated heterocycles. The van der Waals surface area contributed by atoms with E-state index in [0.717, 1.165) is 10.0 Å². The molecule has 0 unspecified atom stereocenters. The zero-order chi connectivity index (χ0) is 19.4. The van der Waals surface area contributed by atoms with Crippen molar-refractivity contribution in [1.29, 1.82) is 0 Å². The minimum atomic E-state index is -0.379. The Morgan fingerprint density at radius 2 is 1.63 bits per heavy atom. The second-order valence-electron chi connectivity index (χ2n) is 6.48. The van der Waals surface area contributed by atoms with Gasteiger partial charge < -0.3 is 9.80 Å². The fourth-order valence-electron chi connectivity index (χ4n) is 2.92. The van der Waals surface area contributed by atoms with Crippen LogP contribution in [0.25, 0.3) is 6.08 Å². The van der Waals surface area contributed by atoms with Gasteiger partial charge in [-0.15, -0.1) is 0 Å². The lowest BCUT2D eigenvalue weighted by molar-refractivity contribution is -0.127. The summed E-state index contributed by atoms with van der Waals surface area (Å²) in [6.07, 6.45) is 2.86. The number of aryl methyl sites for hydroxylation is 1. The molecule has 2 amide bonds. The number of amides is 2. The second kappa shape index (κ2) is 8.48. The summed E-state index contributed by atoms with van der Waals surface area (Å²) in [5, 5.41) is 0. The molecule has 140 valence electrons. The van der Waals surface area contributed by atoms with E-state index < -0.39 is 0 Å². The van der Waals surface area contributed by atoms with Crippen molar-refractivity contribution in [3.05, 3.63) is 75.5 Å². The Hall–Kier alpha value is -2.47. The molecular weight excluding hydrogens is 411 g/mol. The highest BCUT2D eigenvalue weighted by molar-refractivity contribution is 9.10. The maximum Gasteiger partial charge on any atom is 0.253 e. The lowest BCUT2D eigenvalue weighted by Gasteiger charge is -2.34. The van der Waals surface area contributed by atoms with E-state index >= 15 is 0 Å². The van der Waals surface area contributed by atoms with E-state index in [2.05, 4.69) is 15.9 Å². The number of carbonyl (C=O) groups excluding carboxylic acids is 2. The minimum Gasteiger partial charge on any atom is -0.336 e. The summed E-state index contributed by atoms with van der Waals surface area (Å²) in [5.41, 5.74) is 2.12. The van der Waals surface area contributed by atoms with Gasteiger partial charge in [0, 0.05) is 47.9 Å². The van der Waals surface area contributed by atoms with Crippen molar-refractivity contribution >= 4 is 33.8 Å². The molecule has 3 rings (SSSR count). The number of hydrogen-bond donors (Lipinski definition) is 0. The highest BCUT2D eigenvalue weighted by Gasteiger charge is 2.23. The van der Waals surface area contributed by atoms with Crippen LogP contribution >= 0.6 is 15.9 Å². The summed E-state index contributed by atoms with van der Waals surface area (Å²) in [7, 11) is 0. The van der Waals surface area contributed by atoms with Gasteiger partial charge in [0.05, 0.1) is 0 Å². The predicted molar refractivity (Wildman–Crippen MR) is 107 cm³/mol. The van der Waals surface area contributed by atoms with Crippen LogP contribution in [0.1, 0.15) is 21.5 Å². The monoisotopic (exact) mass is 430 g/mol. The van der Waals surface area contributed by atoms with E-state index in [1.54, 1.807) is 21.9 Å². The molecule has 0 atom stereocenters. The molecule has 6 heteroatoms. The second-order valence-corrected chi connectivity index (χ2v) is 7.40. The lowest BCUT2D eigenvalue weighted by Crippen LogP contribution is -2.50. The quantitative estimate of drug-likeness (QED) is 0.692. The SMILES string of the molecule is Cc1ccc(C(=O)N2CCN(C(=O)/C=C/c3cc(Br)ccc3F)CC2)cc1. The van der Waals surface area contributed by atoms with E-state index in [0.29, 0.717) is 37.3 Å².